The number of carbonyl (C=O) groups excluding carboxylic acids is 3. The number of anilines is 2. The summed E-state index contributed by atoms with van der Waals surface area (Å²) in [5, 5.41) is 11.7. The van der Waals surface area contributed by atoms with Crippen molar-refractivity contribution in [2.45, 2.75) is 0 Å². The number of carbonyl (C=O) groups is 3. The minimum Gasteiger partial charge on any atom is -0.364 e. The van der Waals surface area contributed by atoms with Gasteiger partial charge in [-0.05, 0) is 60.0 Å². The second kappa shape index (κ2) is 9.04. The number of hydrogen-bond donors (Lipinski definition) is 3. The minimum absolute atomic E-state index is 0.159. The van der Waals surface area contributed by atoms with Crippen LogP contribution in [0.1, 0.15) is 30.5 Å². The zero-order chi connectivity index (χ0) is 22.7. The Bertz CT molecular complexity index is 1300. The van der Waals surface area contributed by atoms with Crippen molar-refractivity contribution in [3.8, 4) is 5.69 Å². The Balaban J connectivity index is 1.46. The number of halogens is 1. The molecule has 2 heterocycles. The Morgan fingerprint density at radius 1 is 0.969 bits per heavy atom. The second-order valence-corrected chi connectivity index (χ2v) is 7.99. The molecule has 0 atom stereocenters. The third-order valence-electron chi connectivity index (χ3n) is 4.45. The van der Waals surface area contributed by atoms with Crippen LogP contribution in [0.3, 0.4) is 0 Å². The smallest absolute Gasteiger partial charge is 0.269 e. The molecule has 8 nitrogen and oxygen atoms in total. The summed E-state index contributed by atoms with van der Waals surface area (Å²) in [6, 6.07) is 16.5. The molecule has 0 aliphatic heterocycles. The molecule has 32 heavy (non-hydrogen) atoms. The van der Waals surface area contributed by atoms with E-state index in [0.717, 1.165) is 0 Å². The Hall–Kier alpha value is -3.95. The summed E-state index contributed by atoms with van der Waals surface area (Å²) in [6.07, 6.45) is 1.62. The molecule has 0 spiro atoms. The molecule has 4 N–H and O–H groups in total. The van der Waals surface area contributed by atoms with E-state index < -0.39 is 5.91 Å². The van der Waals surface area contributed by atoms with Crippen LogP contribution in [0.4, 0.5) is 11.4 Å². The van der Waals surface area contributed by atoms with Crippen LogP contribution in [0, 0.1) is 0 Å². The SMILES string of the molecule is NC(=O)c1ccn(-c2ccc(NC(=O)c3ccc(Cl)c(NC(=O)c4cccs4)c3)cc2)n1. The van der Waals surface area contributed by atoms with Crippen molar-refractivity contribution < 1.29 is 14.4 Å². The molecule has 0 radical (unpaired) electrons. The molecule has 2 aromatic carbocycles. The van der Waals surface area contributed by atoms with Gasteiger partial charge < -0.3 is 16.4 Å². The van der Waals surface area contributed by atoms with E-state index in [1.807, 2.05) is 0 Å². The summed E-state index contributed by atoms with van der Waals surface area (Å²) in [4.78, 5) is 36.7. The maximum Gasteiger partial charge on any atom is 0.269 e. The van der Waals surface area contributed by atoms with E-state index in [0.29, 0.717) is 32.5 Å². The summed E-state index contributed by atoms with van der Waals surface area (Å²) >= 11 is 7.49. The lowest BCUT2D eigenvalue weighted by Gasteiger charge is -2.10. The molecule has 0 aliphatic carbocycles. The Kier molecular flexibility index (Phi) is 6.02. The summed E-state index contributed by atoms with van der Waals surface area (Å²) in [5.41, 5.74) is 7.30. The lowest BCUT2D eigenvalue weighted by Crippen LogP contribution is -2.14. The molecule has 0 fully saturated rings. The van der Waals surface area contributed by atoms with Crippen molar-refractivity contribution in [2.75, 3.05) is 10.6 Å². The third kappa shape index (κ3) is 4.69. The van der Waals surface area contributed by atoms with Gasteiger partial charge in [0.15, 0.2) is 0 Å². The fourth-order valence-electron chi connectivity index (χ4n) is 2.85. The average Bonchev–Trinajstić information content (AvgIpc) is 3.48. The summed E-state index contributed by atoms with van der Waals surface area (Å²) in [6.45, 7) is 0. The molecule has 0 unspecified atom stereocenters. The molecule has 10 heteroatoms. The zero-order valence-electron chi connectivity index (χ0n) is 16.4. The monoisotopic (exact) mass is 465 g/mol. The van der Waals surface area contributed by atoms with E-state index >= 15 is 0 Å². The summed E-state index contributed by atoms with van der Waals surface area (Å²) < 4.78 is 1.51. The highest BCUT2D eigenvalue weighted by atomic mass is 35.5. The molecular formula is C22H16ClN5O3S. The Labute approximate surface area is 191 Å². The van der Waals surface area contributed by atoms with Gasteiger partial charge in [0.05, 0.1) is 21.3 Å². The van der Waals surface area contributed by atoms with Crippen LogP contribution < -0.4 is 16.4 Å². The number of nitrogens with one attached hydrogen (secondary N) is 2. The number of benzene rings is 2. The van der Waals surface area contributed by atoms with Gasteiger partial charge in [0.25, 0.3) is 17.7 Å². The quantitative estimate of drug-likeness (QED) is 0.395. The van der Waals surface area contributed by atoms with Crippen LogP contribution in [-0.4, -0.2) is 27.5 Å². The van der Waals surface area contributed by atoms with Crippen molar-refractivity contribution in [3.63, 3.8) is 0 Å². The van der Waals surface area contributed by atoms with Crippen LogP contribution >= 0.6 is 22.9 Å². The van der Waals surface area contributed by atoms with Crippen LogP contribution in [0.5, 0.6) is 0 Å². The highest BCUT2D eigenvalue weighted by molar-refractivity contribution is 7.12. The largest absolute Gasteiger partial charge is 0.364 e. The topological polar surface area (TPSA) is 119 Å². The van der Waals surface area contributed by atoms with E-state index in [9.17, 15) is 14.4 Å². The number of hydrogen-bond acceptors (Lipinski definition) is 5. The fourth-order valence-corrected chi connectivity index (χ4v) is 3.64. The molecule has 4 aromatic rings. The maximum atomic E-state index is 12.7. The van der Waals surface area contributed by atoms with Crippen molar-refractivity contribution >= 4 is 52.0 Å². The molecule has 3 amide bonds. The number of primary amides is 1. The average molecular weight is 466 g/mol. The minimum atomic E-state index is -0.610. The van der Waals surface area contributed by atoms with Gasteiger partial charge in [-0.25, -0.2) is 4.68 Å². The number of nitrogens with zero attached hydrogens (tertiary/aromatic N) is 2. The molecular weight excluding hydrogens is 450 g/mol. The number of thiophene rings is 1. The molecule has 0 bridgehead atoms. The van der Waals surface area contributed by atoms with Gasteiger partial charge in [0.2, 0.25) is 0 Å². The van der Waals surface area contributed by atoms with Crippen LogP contribution in [0.2, 0.25) is 5.02 Å². The first kappa shape index (κ1) is 21.3. The molecule has 2 aromatic heterocycles. The van der Waals surface area contributed by atoms with E-state index in [-0.39, 0.29) is 17.5 Å². The number of nitrogens with two attached hydrogens (primary N) is 1. The van der Waals surface area contributed by atoms with Crippen LogP contribution in [0.15, 0.2) is 72.2 Å². The van der Waals surface area contributed by atoms with Gasteiger partial charge in [-0.3, -0.25) is 14.4 Å². The van der Waals surface area contributed by atoms with E-state index in [1.165, 1.54) is 28.2 Å². The van der Waals surface area contributed by atoms with Crippen molar-refractivity contribution in [1.82, 2.24) is 9.78 Å². The van der Waals surface area contributed by atoms with Gasteiger partial charge in [-0.15, -0.1) is 11.3 Å². The van der Waals surface area contributed by atoms with Crippen molar-refractivity contribution in [2.24, 2.45) is 5.73 Å². The predicted molar refractivity (Wildman–Crippen MR) is 124 cm³/mol. The van der Waals surface area contributed by atoms with Gasteiger partial charge in [-0.2, -0.15) is 5.10 Å². The molecule has 4 rings (SSSR count). The standard InChI is InChI=1S/C22H16ClN5O3S/c23-16-8-3-13(12-18(16)26-22(31)19-2-1-11-32-19)21(30)25-14-4-6-15(7-5-14)28-10-9-17(27-28)20(24)29/h1-12H,(H2,24,29)(H,25,30)(H,26,31). The Morgan fingerprint density at radius 3 is 2.41 bits per heavy atom. The molecule has 0 aliphatic rings. The van der Waals surface area contributed by atoms with Crippen LogP contribution in [0.25, 0.3) is 5.69 Å². The highest BCUT2D eigenvalue weighted by Crippen LogP contribution is 2.25. The lowest BCUT2D eigenvalue weighted by molar-refractivity contribution is 0.0992. The first-order valence-electron chi connectivity index (χ1n) is 9.32. The van der Waals surface area contributed by atoms with E-state index in [2.05, 4.69) is 15.7 Å². The van der Waals surface area contributed by atoms with Gasteiger partial charge in [0, 0.05) is 17.4 Å². The highest BCUT2D eigenvalue weighted by Gasteiger charge is 2.13. The van der Waals surface area contributed by atoms with E-state index in [1.54, 1.807) is 60.1 Å². The lowest BCUT2D eigenvalue weighted by atomic mass is 10.1. The van der Waals surface area contributed by atoms with Gasteiger partial charge in [0.1, 0.15) is 5.69 Å². The molecule has 0 saturated carbocycles. The van der Waals surface area contributed by atoms with Crippen molar-refractivity contribution in [3.05, 3.63) is 93.4 Å². The number of rotatable bonds is 6. The third-order valence-corrected chi connectivity index (χ3v) is 5.65. The van der Waals surface area contributed by atoms with Gasteiger partial charge >= 0.3 is 0 Å². The fraction of sp³-hybridized carbons (Fsp3) is 0. The first-order valence-corrected chi connectivity index (χ1v) is 10.6. The second-order valence-electron chi connectivity index (χ2n) is 6.64. The normalized spacial score (nSPS) is 10.5. The molecule has 0 saturated heterocycles. The van der Waals surface area contributed by atoms with Crippen molar-refractivity contribution in [1.29, 1.82) is 0 Å². The number of aromatic nitrogens is 2. The van der Waals surface area contributed by atoms with E-state index in [4.69, 9.17) is 17.3 Å². The van der Waals surface area contributed by atoms with Gasteiger partial charge in [-0.1, -0.05) is 17.7 Å². The predicted octanol–water partition coefficient (Wildman–Crippen LogP) is 4.19. The number of amides is 3. The molecule has 160 valence electrons. The summed E-state index contributed by atoms with van der Waals surface area (Å²) in [7, 11) is 0. The maximum absolute atomic E-state index is 12.7. The van der Waals surface area contributed by atoms with Crippen LogP contribution in [-0.2, 0) is 0 Å². The zero-order valence-corrected chi connectivity index (χ0v) is 18.0. The summed E-state index contributed by atoms with van der Waals surface area (Å²) in [5.74, 6) is -1.27. The Morgan fingerprint density at radius 2 is 1.75 bits per heavy atom. The first-order chi connectivity index (χ1) is 15.4.